The molecule has 1 aromatic rings. The second-order valence-corrected chi connectivity index (χ2v) is 10.9. The lowest BCUT2D eigenvalue weighted by molar-refractivity contribution is -0.207. The van der Waals surface area contributed by atoms with Gasteiger partial charge in [-0.2, -0.15) is 0 Å². The first-order valence-corrected chi connectivity index (χ1v) is 13.2. The molecule has 1 aromatic carbocycles. The molecule has 6 unspecified atom stereocenters. The number of hydrogen-bond donors (Lipinski definition) is 5. The highest BCUT2D eigenvalue weighted by molar-refractivity contribution is 6.33. The van der Waals surface area contributed by atoms with Gasteiger partial charge in [-0.1, -0.05) is 11.6 Å². The number of carboxylic acid groups (broad SMARTS) is 2. The van der Waals surface area contributed by atoms with Gasteiger partial charge in [-0.15, -0.1) is 0 Å². The van der Waals surface area contributed by atoms with Crippen LogP contribution in [0, 0.1) is 23.7 Å². The Balaban J connectivity index is 1.11. The van der Waals surface area contributed by atoms with Crippen LogP contribution >= 0.6 is 11.6 Å². The summed E-state index contributed by atoms with van der Waals surface area (Å²) in [6.45, 7) is 3.72. The van der Waals surface area contributed by atoms with Crippen LogP contribution in [0.2, 0.25) is 5.02 Å². The Morgan fingerprint density at radius 3 is 2.63 bits per heavy atom. The number of hydrogen-bond acceptors (Lipinski definition) is 9. The summed E-state index contributed by atoms with van der Waals surface area (Å²) in [5.74, 6) is -1.83. The SMILES string of the molecule is Nc1c(Cl)cc(C(=O)NCC2C3CN(CC4CCOC4OC(C(=O)O)C(O)C(=O)O)CC23)c2c1CCCO2. The molecule has 4 aliphatic rings. The molecular formula is C25H32ClN3O9. The molecule has 3 aliphatic heterocycles. The molecule has 38 heavy (non-hydrogen) atoms. The van der Waals surface area contributed by atoms with E-state index in [1.807, 2.05) is 0 Å². The van der Waals surface area contributed by atoms with E-state index in [0.29, 0.717) is 72.5 Å². The second kappa shape index (κ2) is 10.9. The van der Waals surface area contributed by atoms with Crippen molar-refractivity contribution in [3.05, 3.63) is 22.2 Å². The van der Waals surface area contributed by atoms with Crippen LogP contribution in [0.1, 0.15) is 28.8 Å². The Kier molecular flexibility index (Phi) is 7.70. The molecule has 3 heterocycles. The molecule has 6 atom stereocenters. The van der Waals surface area contributed by atoms with Crippen LogP contribution in [-0.4, -0.2) is 96.0 Å². The highest BCUT2D eigenvalue weighted by atomic mass is 35.5. The van der Waals surface area contributed by atoms with Crippen molar-refractivity contribution in [2.24, 2.45) is 23.7 Å². The number of carbonyl (C=O) groups is 3. The largest absolute Gasteiger partial charge is 0.492 e. The number of anilines is 1. The van der Waals surface area contributed by atoms with Crippen molar-refractivity contribution in [3.63, 3.8) is 0 Å². The van der Waals surface area contributed by atoms with E-state index in [9.17, 15) is 24.6 Å². The van der Waals surface area contributed by atoms with Crippen LogP contribution < -0.4 is 15.8 Å². The number of rotatable bonds is 10. The Morgan fingerprint density at radius 2 is 1.95 bits per heavy atom. The van der Waals surface area contributed by atoms with E-state index in [2.05, 4.69) is 10.2 Å². The lowest BCUT2D eigenvalue weighted by atomic mass is 9.99. The number of carboxylic acids is 2. The minimum atomic E-state index is -2.19. The molecule has 208 valence electrons. The molecule has 0 spiro atoms. The van der Waals surface area contributed by atoms with E-state index in [1.54, 1.807) is 6.07 Å². The Labute approximate surface area is 224 Å². The van der Waals surface area contributed by atoms with Crippen molar-refractivity contribution in [2.45, 2.75) is 37.8 Å². The number of benzene rings is 1. The molecule has 5 rings (SSSR count). The maximum Gasteiger partial charge on any atom is 0.336 e. The highest BCUT2D eigenvalue weighted by Crippen LogP contribution is 2.51. The maximum atomic E-state index is 13.0. The minimum Gasteiger partial charge on any atom is -0.492 e. The maximum absolute atomic E-state index is 13.0. The molecule has 1 saturated carbocycles. The molecule has 0 aromatic heterocycles. The van der Waals surface area contributed by atoms with Crippen LogP contribution in [0.4, 0.5) is 5.69 Å². The number of nitrogens with one attached hydrogen (secondary N) is 1. The van der Waals surface area contributed by atoms with Crippen molar-refractivity contribution in [3.8, 4) is 5.75 Å². The highest BCUT2D eigenvalue weighted by Gasteiger charge is 2.55. The number of halogens is 1. The monoisotopic (exact) mass is 553 g/mol. The van der Waals surface area contributed by atoms with E-state index >= 15 is 0 Å². The second-order valence-electron chi connectivity index (χ2n) is 10.5. The molecule has 1 amide bonds. The number of nitrogens with two attached hydrogens (primary N) is 1. The fraction of sp³-hybridized carbons (Fsp3) is 0.640. The smallest absolute Gasteiger partial charge is 0.336 e. The summed E-state index contributed by atoms with van der Waals surface area (Å²) in [7, 11) is 0. The van der Waals surface area contributed by atoms with Crippen molar-refractivity contribution >= 4 is 35.1 Å². The number of nitrogen functional groups attached to an aromatic ring is 1. The first kappa shape index (κ1) is 26.9. The zero-order valence-electron chi connectivity index (χ0n) is 20.7. The Bertz CT molecular complexity index is 1110. The van der Waals surface area contributed by atoms with Gasteiger partial charge in [-0.05, 0) is 43.1 Å². The number of piperidine rings is 1. The first-order chi connectivity index (χ1) is 18.2. The third-order valence-electron chi connectivity index (χ3n) is 8.09. The molecule has 6 N–H and O–H groups in total. The number of likely N-dealkylation sites (tertiary alicyclic amines) is 1. The Morgan fingerprint density at radius 1 is 1.21 bits per heavy atom. The van der Waals surface area contributed by atoms with Crippen molar-refractivity contribution in [1.29, 1.82) is 0 Å². The average molecular weight is 554 g/mol. The zero-order chi connectivity index (χ0) is 27.1. The molecule has 0 bridgehead atoms. The molecule has 13 heteroatoms. The topological polar surface area (TPSA) is 181 Å². The van der Waals surface area contributed by atoms with Crippen LogP contribution in [-0.2, 0) is 25.5 Å². The summed E-state index contributed by atoms with van der Waals surface area (Å²) in [6, 6.07) is 1.57. The predicted molar refractivity (Wildman–Crippen MR) is 133 cm³/mol. The number of amides is 1. The van der Waals surface area contributed by atoms with Gasteiger partial charge in [-0.25, -0.2) is 9.59 Å². The van der Waals surface area contributed by atoms with Crippen LogP contribution in [0.5, 0.6) is 5.75 Å². The molecule has 1 aliphatic carbocycles. The first-order valence-electron chi connectivity index (χ1n) is 12.8. The number of aliphatic carboxylic acids is 2. The van der Waals surface area contributed by atoms with Crippen LogP contribution in [0.15, 0.2) is 6.07 Å². The van der Waals surface area contributed by atoms with E-state index in [1.165, 1.54) is 0 Å². The summed E-state index contributed by atoms with van der Waals surface area (Å²) < 4.78 is 16.7. The molecule has 2 saturated heterocycles. The fourth-order valence-electron chi connectivity index (χ4n) is 6.01. The van der Waals surface area contributed by atoms with Crippen molar-refractivity contribution < 1.29 is 43.9 Å². The van der Waals surface area contributed by atoms with Gasteiger partial charge >= 0.3 is 11.9 Å². The molecule has 3 fully saturated rings. The van der Waals surface area contributed by atoms with E-state index in [-0.39, 0.29) is 11.8 Å². The van der Waals surface area contributed by atoms with Gasteiger partial charge in [0.15, 0.2) is 18.5 Å². The van der Waals surface area contributed by atoms with Crippen molar-refractivity contribution in [2.75, 3.05) is 45.1 Å². The van der Waals surface area contributed by atoms with E-state index in [4.69, 9.17) is 36.7 Å². The van der Waals surface area contributed by atoms with Gasteiger partial charge in [-0.3, -0.25) is 4.79 Å². The molecule has 12 nitrogen and oxygen atoms in total. The average Bonchev–Trinajstić information content (AvgIpc) is 3.19. The number of fused-ring (bicyclic) bond motifs is 2. The van der Waals surface area contributed by atoms with Gasteiger partial charge in [0.25, 0.3) is 5.91 Å². The third kappa shape index (κ3) is 5.28. The molecule has 0 radical (unpaired) electrons. The van der Waals surface area contributed by atoms with Gasteiger partial charge in [0, 0.05) is 37.7 Å². The third-order valence-corrected chi connectivity index (χ3v) is 8.40. The van der Waals surface area contributed by atoms with Gasteiger partial charge in [0.1, 0.15) is 5.75 Å². The fourth-order valence-corrected chi connectivity index (χ4v) is 6.23. The lowest BCUT2D eigenvalue weighted by Crippen LogP contribution is -2.46. The number of aliphatic hydroxyl groups is 1. The Hall–Kier alpha value is -2.64. The van der Waals surface area contributed by atoms with E-state index < -0.39 is 30.4 Å². The molecular weight excluding hydrogens is 522 g/mol. The zero-order valence-corrected chi connectivity index (χ0v) is 21.4. The summed E-state index contributed by atoms with van der Waals surface area (Å²) in [5, 5.41) is 31.3. The quantitative estimate of drug-likeness (QED) is 0.253. The number of nitrogens with zero attached hydrogens (tertiary/aromatic N) is 1. The van der Waals surface area contributed by atoms with Gasteiger partial charge in [0.2, 0.25) is 0 Å². The number of carbonyl (C=O) groups excluding carboxylic acids is 1. The summed E-state index contributed by atoms with van der Waals surface area (Å²) in [6.07, 6.45) is -2.82. The normalized spacial score (nSPS) is 29.6. The predicted octanol–water partition coefficient (Wildman–Crippen LogP) is 0.433. The van der Waals surface area contributed by atoms with Gasteiger partial charge < -0.3 is 45.5 Å². The van der Waals surface area contributed by atoms with E-state index in [0.717, 1.165) is 31.5 Å². The number of ether oxygens (including phenoxy) is 3. The van der Waals surface area contributed by atoms with Crippen LogP contribution in [0.25, 0.3) is 0 Å². The minimum absolute atomic E-state index is 0.144. The van der Waals surface area contributed by atoms with Crippen molar-refractivity contribution in [1.82, 2.24) is 10.2 Å². The van der Waals surface area contributed by atoms with Gasteiger partial charge in [0.05, 0.1) is 29.5 Å². The number of aliphatic hydroxyl groups excluding tert-OH is 1. The summed E-state index contributed by atoms with van der Waals surface area (Å²) >= 11 is 6.26. The lowest BCUT2D eigenvalue weighted by Gasteiger charge is -2.28. The summed E-state index contributed by atoms with van der Waals surface area (Å²) in [4.78, 5) is 37.7. The van der Waals surface area contributed by atoms with Crippen LogP contribution in [0.3, 0.4) is 0 Å². The summed E-state index contributed by atoms with van der Waals surface area (Å²) in [5.41, 5.74) is 7.75. The standard InChI is InChI=1S/C25H32ClN3O9/c26-17-6-13(20-12(18(17)27)2-1-4-36-20)22(31)28-7-14-15-9-29(10-16(14)15)8-11-3-5-37-25(11)38-21(24(34)35)19(30)23(32)33/h6,11,14-16,19,21,25,30H,1-5,7-10,27H2,(H,28,31)(H,32,33)(H,34,35).